The number of carbonyl (C=O) groups excluding carboxylic acids is 1. The molecule has 0 aliphatic rings. The highest BCUT2D eigenvalue weighted by Crippen LogP contribution is 2.24. The summed E-state index contributed by atoms with van der Waals surface area (Å²) < 4.78 is 6.86. The van der Waals surface area contributed by atoms with E-state index in [1.807, 2.05) is 11.6 Å². The third kappa shape index (κ3) is 4.44. The molecule has 118 valence electrons. The lowest BCUT2D eigenvalue weighted by Crippen LogP contribution is -2.17. The Hall–Kier alpha value is -1.61. The van der Waals surface area contributed by atoms with Crippen molar-refractivity contribution in [2.75, 3.05) is 6.61 Å². The molecule has 1 unspecified atom stereocenters. The van der Waals surface area contributed by atoms with Gasteiger partial charge in [0.15, 0.2) is 10.3 Å². The van der Waals surface area contributed by atoms with Crippen LogP contribution in [0.5, 0.6) is 0 Å². The Bertz CT molecular complexity index is 620. The molecule has 0 aliphatic heterocycles. The van der Waals surface area contributed by atoms with Crippen LogP contribution >= 0.6 is 23.5 Å². The number of hydrogen-bond acceptors (Lipinski definition) is 8. The fraction of sp³-hybridized carbons (Fsp3) is 0.462. The number of thioether (sulfide) groups is 2. The zero-order chi connectivity index (χ0) is 15.9. The molecule has 22 heavy (non-hydrogen) atoms. The van der Waals surface area contributed by atoms with Gasteiger partial charge in [0.1, 0.15) is 11.1 Å². The fourth-order valence-corrected chi connectivity index (χ4v) is 3.14. The molecule has 1 atom stereocenters. The van der Waals surface area contributed by atoms with Gasteiger partial charge in [0.2, 0.25) is 0 Å². The van der Waals surface area contributed by atoms with Gasteiger partial charge < -0.3 is 9.30 Å². The lowest BCUT2D eigenvalue weighted by atomic mass is 10.5. The van der Waals surface area contributed by atoms with E-state index >= 15 is 0 Å². The van der Waals surface area contributed by atoms with E-state index < -0.39 is 0 Å². The van der Waals surface area contributed by atoms with E-state index in [-0.39, 0.29) is 11.2 Å². The van der Waals surface area contributed by atoms with Crippen LogP contribution in [-0.2, 0) is 22.3 Å². The van der Waals surface area contributed by atoms with Crippen molar-refractivity contribution in [2.24, 2.45) is 7.05 Å². The van der Waals surface area contributed by atoms with Crippen molar-refractivity contribution >= 4 is 29.5 Å². The summed E-state index contributed by atoms with van der Waals surface area (Å²) >= 11 is 2.82. The van der Waals surface area contributed by atoms with Crippen molar-refractivity contribution in [3.05, 3.63) is 24.3 Å². The number of esters is 1. The van der Waals surface area contributed by atoms with Gasteiger partial charge in [0, 0.05) is 19.4 Å². The molecule has 0 saturated heterocycles. The Kier molecular flexibility index (Phi) is 6.20. The summed E-state index contributed by atoms with van der Waals surface area (Å²) in [5, 5.41) is 9.34. The maximum Gasteiger partial charge on any atom is 0.319 e. The van der Waals surface area contributed by atoms with Gasteiger partial charge in [-0.25, -0.2) is 9.97 Å². The average molecular weight is 339 g/mol. The summed E-state index contributed by atoms with van der Waals surface area (Å²) in [4.78, 5) is 20.0. The van der Waals surface area contributed by atoms with Crippen LogP contribution in [0.15, 0.2) is 28.8 Å². The van der Waals surface area contributed by atoms with Gasteiger partial charge in [-0.3, -0.25) is 4.79 Å². The molecule has 2 aromatic heterocycles. The summed E-state index contributed by atoms with van der Waals surface area (Å²) in [6.45, 7) is 3.96. The number of carbonyl (C=O) groups is 1. The number of ether oxygens (including phenoxy) is 1. The molecule has 9 heteroatoms. The first-order chi connectivity index (χ1) is 10.6. The first kappa shape index (κ1) is 16.8. The van der Waals surface area contributed by atoms with Crippen molar-refractivity contribution in [1.82, 2.24) is 24.7 Å². The number of rotatable bonds is 7. The Balaban J connectivity index is 1.96. The predicted octanol–water partition coefficient (Wildman–Crippen LogP) is 1.94. The molecule has 2 aromatic rings. The van der Waals surface area contributed by atoms with Gasteiger partial charge in [-0.15, -0.1) is 10.2 Å². The quantitative estimate of drug-likeness (QED) is 0.430. The second-order valence-corrected chi connectivity index (χ2v) is 6.54. The van der Waals surface area contributed by atoms with Crippen molar-refractivity contribution in [1.29, 1.82) is 0 Å². The van der Waals surface area contributed by atoms with E-state index in [4.69, 9.17) is 4.74 Å². The Morgan fingerprint density at radius 2 is 2.09 bits per heavy atom. The van der Waals surface area contributed by atoms with E-state index in [1.54, 1.807) is 32.3 Å². The molecule has 0 N–H and O–H groups in total. The van der Waals surface area contributed by atoms with Crippen molar-refractivity contribution in [3.63, 3.8) is 0 Å². The summed E-state index contributed by atoms with van der Waals surface area (Å²) in [5.41, 5.74) is 0. The molecule has 0 spiro atoms. The number of aromatic nitrogens is 5. The van der Waals surface area contributed by atoms with E-state index in [1.165, 1.54) is 23.5 Å². The lowest BCUT2D eigenvalue weighted by Gasteiger charge is -2.09. The zero-order valence-corrected chi connectivity index (χ0v) is 14.2. The minimum absolute atomic E-state index is 0.246. The Morgan fingerprint density at radius 1 is 1.36 bits per heavy atom. The second-order valence-electron chi connectivity index (χ2n) is 4.29. The standard InChI is InChI=1S/C13H17N5O2S2/c1-4-20-11(19)9(2)22-13-17-16-10(18(13)3)8-21-12-14-6-5-7-15-12/h5-7,9H,4,8H2,1-3H3. The van der Waals surface area contributed by atoms with E-state index in [0.717, 1.165) is 5.82 Å². The predicted molar refractivity (Wildman–Crippen MR) is 84.5 cm³/mol. The van der Waals surface area contributed by atoms with Crippen molar-refractivity contribution < 1.29 is 9.53 Å². The van der Waals surface area contributed by atoms with Gasteiger partial charge in [0.05, 0.1) is 12.4 Å². The summed E-state index contributed by atoms with van der Waals surface area (Å²) in [6.07, 6.45) is 3.41. The molecule has 0 radical (unpaired) electrons. The van der Waals surface area contributed by atoms with Crippen LogP contribution in [0.1, 0.15) is 19.7 Å². The Morgan fingerprint density at radius 3 is 2.77 bits per heavy atom. The highest BCUT2D eigenvalue weighted by Gasteiger charge is 2.19. The minimum atomic E-state index is -0.319. The molecule has 0 saturated carbocycles. The normalized spacial score (nSPS) is 12.1. The van der Waals surface area contributed by atoms with Crippen LogP contribution in [0.2, 0.25) is 0 Å². The third-order valence-electron chi connectivity index (χ3n) is 2.70. The number of nitrogens with zero attached hydrogens (tertiary/aromatic N) is 5. The molecule has 0 aromatic carbocycles. The molecule has 0 amide bonds. The summed E-state index contributed by atoms with van der Waals surface area (Å²) in [5.74, 6) is 1.17. The van der Waals surface area contributed by atoms with Crippen LogP contribution in [0.3, 0.4) is 0 Å². The second kappa shape index (κ2) is 8.14. The summed E-state index contributed by atoms with van der Waals surface area (Å²) in [6, 6.07) is 1.78. The first-order valence-electron chi connectivity index (χ1n) is 6.73. The topological polar surface area (TPSA) is 82.8 Å². The van der Waals surface area contributed by atoms with Gasteiger partial charge in [0.25, 0.3) is 0 Å². The smallest absolute Gasteiger partial charge is 0.319 e. The number of hydrogen-bond donors (Lipinski definition) is 0. The average Bonchev–Trinajstić information content (AvgIpc) is 2.87. The van der Waals surface area contributed by atoms with Crippen LogP contribution in [0.25, 0.3) is 0 Å². The van der Waals surface area contributed by atoms with E-state index in [0.29, 0.717) is 22.7 Å². The Labute approximate surface area is 137 Å². The van der Waals surface area contributed by atoms with Crippen molar-refractivity contribution in [3.8, 4) is 0 Å². The maximum absolute atomic E-state index is 11.7. The molecule has 0 fully saturated rings. The van der Waals surface area contributed by atoms with Gasteiger partial charge in [-0.1, -0.05) is 23.5 Å². The lowest BCUT2D eigenvalue weighted by molar-refractivity contribution is -0.142. The molecule has 2 heterocycles. The van der Waals surface area contributed by atoms with Gasteiger partial charge in [-0.05, 0) is 19.9 Å². The van der Waals surface area contributed by atoms with E-state index in [9.17, 15) is 4.79 Å². The molecule has 0 bridgehead atoms. The SMILES string of the molecule is CCOC(=O)C(C)Sc1nnc(CSc2ncccn2)n1C. The van der Waals surface area contributed by atoms with Gasteiger partial charge >= 0.3 is 5.97 Å². The molecule has 7 nitrogen and oxygen atoms in total. The third-order valence-corrected chi connectivity index (χ3v) is 4.68. The maximum atomic E-state index is 11.7. The van der Waals surface area contributed by atoms with Crippen LogP contribution in [0.4, 0.5) is 0 Å². The molecular formula is C13H17N5O2S2. The molecule has 0 aliphatic carbocycles. The van der Waals surface area contributed by atoms with Crippen LogP contribution < -0.4 is 0 Å². The zero-order valence-electron chi connectivity index (χ0n) is 12.6. The van der Waals surface area contributed by atoms with Crippen molar-refractivity contribution in [2.45, 2.75) is 35.2 Å². The fourth-order valence-electron chi connectivity index (χ4n) is 1.53. The highest BCUT2D eigenvalue weighted by molar-refractivity contribution is 8.00. The molecule has 2 rings (SSSR count). The van der Waals surface area contributed by atoms with Crippen LogP contribution in [-0.4, -0.2) is 42.6 Å². The van der Waals surface area contributed by atoms with E-state index in [2.05, 4.69) is 20.2 Å². The monoisotopic (exact) mass is 339 g/mol. The first-order valence-corrected chi connectivity index (χ1v) is 8.59. The highest BCUT2D eigenvalue weighted by atomic mass is 32.2. The minimum Gasteiger partial charge on any atom is -0.465 e. The van der Waals surface area contributed by atoms with Gasteiger partial charge in [-0.2, -0.15) is 0 Å². The van der Waals surface area contributed by atoms with Crippen LogP contribution in [0, 0.1) is 0 Å². The molecular weight excluding hydrogens is 322 g/mol. The summed E-state index contributed by atoms with van der Waals surface area (Å²) in [7, 11) is 1.88. The largest absolute Gasteiger partial charge is 0.465 e.